The first-order chi connectivity index (χ1) is 20.2. The van der Waals surface area contributed by atoms with Crippen LogP contribution in [0.5, 0.6) is 0 Å². The van der Waals surface area contributed by atoms with Crippen LogP contribution in [0, 0.1) is 70.8 Å². The fourth-order valence-corrected chi connectivity index (χ4v) is 9.43. The lowest BCUT2D eigenvalue weighted by molar-refractivity contribution is -0.489. The van der Waals surface area contributed by atoms with E-state index in [1.807, 2.05) is 6.92 Å². The monoisotopic (exact) mass is 597 g/mol. The van der Waals surface area contributed by atoms with Gasteiger partial charge in [0.2, 0.25) is 6.54 Å². The van der Waals surface area contributed by atoms with E-state index in [1.165, 1.54) is 24.6 Å². The van der Waals surface area contributed by atoms with E-state index in [0.29, 0.717) is 24.0 Å². The van der Waals surface area contributed by atoms with Crippen LogP contribution >= 0.6 is 0 Å². The van der Waals surface area contributed by atoms with Gasteiger partial charge in [0.15, 0.2) is 0 Å². The number of non-ortho nitro benzene ring substituents is 1. The molecule has 8 unspecified atom stereocenters. The minimum atomic E-state index is -0.699. The standard InChI is InChI=1S/C30H39N5O8/c1-17(31-32-26-8-6-21(34(39)40)15-27(26)35(41)42)28-19(16-33(37)38)13-25-23-7-5-20-14-22(43-18(2)36)9-11-29(20,3)24(23)10-12-30(25,28)4/h5-6,8,15,19,22-25,28,32H,7,9-14,16H2,1-4H3. The number of allylic oxidation sites excluding steroid dienone is 1. The van der Waals surface area contributed by atoms with Crippen molar-refractivity contribution in [3.63, 3.8) is 0 Å². The summed E-state index contributed by atoms with van der Waals surface area (Å²) < 4.78 is 5.56. The zero-order valence-electron chi connectivity index (χ0n) is 25.0. The Labute approximate surface area is 249 Å². The number of ether oxygens (including phenoxy) is 1. The molecule has 0 heterocycles. The first kappa shape index (κ1) is 30.6. The number of hydrogen-bond donors (Lipinski definition) is 1. The molecule has 1 N–H and O–H groups in total. The van der Waals surface area contributed by atoms with E-state index in [-0.39, 0.29) is 57.8 Å². The van der Waals surface area contributed by atoms with Crippen LogP contribution in [-0.4, -0.2) is 39.1 Å². The number of hydrazone groups is 1. The maximum atomic E-state index is 11.8. The smallest absolute Gasteiger partial charge is 0.302 e. The summed E-state index contributed by atoms with van der Waals surface area (Å²) in [5.41, 5.74) is 3.69. The molecule has 0 saturated heterocycles. The van der Waals surface area contributed by atoms with E-state index < -0.39 is 21.2 Å². The highest BCUT2D eigenvalue weighted by Gasteiger charge is 2.62. The lowest BCUT2D eigenvalue weighted by Crippen LogP contribution is -2.51. The number of benzene rings is 1. The van der Waals surface area contributed by atoms with Crippen LogP contribution in [0.3, 0.4) is 0 Å². The second-order valence-corrected chi connectivity index (χ2v) is 13.3. The van der Waals surface area contributed by atoms with E-state index in [2.05, 4.69) is 30.5 Å². The number of anilines is 1. The van der Waals surface area contributed by atoms with Crippen molar-refractivity contribution in [1.29, 1.82) is 0 Å². The number of nitrogens with zero attached hydrogens (tertiary/aromatic N) is 4. The molecule has 0 radical (unpaired) electrons. The van der Waals surface area contributed by atoms with Gasteiger partial charge in [-0.05, 0) is 80.1 Å². The van der Waals surface area contributed by atoms with Crippen molar-refractivity contribution in [3.8, 4) is 0 Å². The third kappa shape index (κ3) is 5.49. The van der Waals surface area contributed by atoms with E-state index in [9.17, 15) is 35.1 Å². The van der Waals surface area contributed by atoms with Crippen molar-refractivity contribution >= 4 is 28.7 Å². The summed E-state index contributed by atoms with van der Waals surface area (Å²) in [6.45, 7) is 7.66. The van der Waals surface area contributed by atoms with Gasteiger partial charge in [-0.3, -0.25) is 40.6 Å². The van der Waals surface area contributed by atoms with Crippen molar-refractivity contribution in [2.75, 3.05) is 12.0 Å². The van der Waals surface area contributed by atoms with E-state index in [1.54, 1.807) is 0 Å². The summed E-state index contributed by atoms with van der Waals surface area (Å²) in [5.74, 6) is 0.372. The quantitative estimate of drug-likeness (QED) is 0.118. The maximum Gasteiger partial charge on any atom is 0.302 e. The van der Waals surface area contributed by atoms with Gasteiger partial charge in [-0.15, -0.1) is 0 Å². The zero-order valence-corrected chi connectivity index (χ0v) is 25.0. The molecule has 13 nitrogen and oxygen atoms in total. The molecule has 0 aromatic heterocycles. The van der Waals surface area contributed by atoms with Gasteiger partial charge in [0, 0.05) is 41.9 Å². The molecule has 0 amide bonds. The Hall–Kier alpha value is -3.90. The Morgan fingerprint density at radius 3 is 2.47 bits per heavy atom. The fraction of sp³-hybridized carbons (Fsp3) is 0.667. The van der Waals surface area contributed by atoms with Crippen LogP contribution in [0.15, 0.2) is 34.9 Å². The van der Waals surface area contributed by atoms with Gasteiger partial charge in [0.25, 0.3) is 5.69 Å². The summed E-state index contributed by atoms with van der Waals surface area (Å²) in [7, 11) is 0. The molecule has 0 spiro atoms. The number of carbonyl (C=O) groups is 1. The molecular weight excluding hydrogens is 558 g/mol. The largest absolute Gasteiger partial charge is 0.462 e. The molecule has 1 aromatic rings. The molecule has 4 aliphatic carbocycles. The van der Waals surface area contributed by atoms with Gasteiger partial charge < -0.3 is 4.74 Å². The summed E-state index contributed by atoms with van der Waals surface area (Å²) >= 11 is 0. The summed E-state index contributed by atoms with van der Waals surface area (Å²) in [6.07, 6.45) is 8.28. The number of hydrogen-bond acceptors (Lipinski definition) is 10. The lowest BCUT2D eigenvalue weighted by atomic mass is 9.47. The molecule has 43 heavy (non-hydrogen) atoms. The van der Waals surface area contributed by atoms with Gasteiger partial charge in [0.05, 0.1) is 15.9 Å². The molecule has 0 bridgehead atoms. The van der Waals surface area contributed by atoms with Crippen LogP contribution in [0.1, 0.15) is 72.6 Å². The van der Waals surface area contributed by atoms with Crippen molar-refractivity contribution < 1.29 is 24.3 Å². The number of nitro benzene ring substituents is 2. The number of carbonyl (C=O) groups excluding carboxylic acids is 1. The van der Waals surface area contributed by atoms with Gasteiger partial charge in [-0.25, -0.2) is 0 Å². The highest BCUT2D eigenvalue weighted by molar-refractivity contribution is 5.87. The van der Waals surface area contributed by atoms with Crippen molar-refractivity contribution in [1.82, 2.24) is 0 Å². The third-order valence-electron chi connectivity index (χ3n) is 11.1. The highest BCUT2D eigenvalue weighted by atomic mass is 16.6. The molecule has 0 aliphatic heterocycles. The zero-order chi connectivity index (χ0) is 31.3. The number of nitrogens with one attached hydrogen (secondary N) is 1. The summed E-state index contributed by atoms with van der Waals surface area (Å²) in [4.78, 5) is 44.5. The average molecular weight is 598 g/mol. The maximum absolute atomic E-state index is 11.8. The second-order valence-electron chi connectivity index (χ2n) is 13.3. The van der Waals surface area contributed by atoms with Gasteiger partial charge in [-0.1, -0.05) is 25.5 Å². The first-order valence-electron chi connectivity index (χ1n) is 15.0. The van der Waals surface area contributed by atoms with E-state index >= 15 is 0 Å². The van der Waals surface area contributed by atoms with Crippen molar-refractivity contribution in [2.24, 2.45) is 45.5 Å². The van der Waals surface area contributed by atoms with Gasteiger partial charge in [0.1, 0.15) is 11.8 Å². The molecule has 1 aromatic carbocycles. The molecule has 3 fully saturated rings. The molecular formula is C30H39N5O8. The molecule has 13 heteroatoms. The van der Waals surface area contributed by atoms with Gasteiger partial charge in [-0.2, -0.15) is 5.10 Å². The van der Waals surface area contributed by atoms with Crippen LogP contribution in [0.2, 0.25) is 0 Å². The van der Waals surface area contributed by atoms with Crippen molar-refractivity contribution in [3.05, 3.63) is 60.2 Å². The Morgan fingerprint density at radius 2 is 1.81 bits per heavy atom. The Kier molecular flexibility index (Phi) is 8.03. The summed E-state index contributed by atoms with van der Waals surface area (Å²) in [5, 5.41) is 39.1. The number of nitro groups is 3. The van der Waals surface area contributed by atoms with E-state index in [0.717, 1.165) is 44.6 Å². The minimum Gasteiger partial charge on any atom is -0.462 e. The number of esters is 1. The lowest BCUT2D eigenvalue weighted by Gasteiger charge is -2.58. The summed E-state index contributed by atoms with van der Waals surface area (Å²) in [6, 6.07) is 3.33. The van der Waals surface area contributed by atoms with Crippen LogP contribution in [0.4, 0.5) is 17.1 Å². The molecule has 4 aliphatic rings. The Morgan fingerprint density at radius 1 is 1.07 bits per heavy atom. The number of rotatable bonds is 8. The highest BCUT2D eigenvalue weighted by Crippen LogP contribution is 2.67. The molecule has 3 saturated carbocycles. The Bertz CT molecular complexity index is 1410. The van der Waals surface area contributed by atoms with E-state index in [4.69, 9.17) is 4.74 Å². The molecule has 232 valence electrons. The topological polar surface area (TPSA) is 180 Å². The minimum absolute atomic E-state index is 0.0110. The third-order valence-corrected chi connectivity index (χ3v) is 11.1. The first-order valence-corrected chi connectivity index (χ1v) is 15.0. The van der Waals surface area contributed by atoms with Crippen LogP contribution in [-0.2, 0) is 9.53 Å². The SMILES string of the molecule is CC(=O)OC1CCC2(C)C(=CCC3C2CCC2(C)C3CC(C[N+](=O)[O-])C2C(C)=NNc2ccc([N+](=O)[O-])cc2[N+](=O)[O-])C1. The molecule has 5 rings (SSSR count). The average Bonchev–Trinajstić information content (AvgIpc) is 3.22. The Balaban J connectivity index is 1.43. The fourth-order valence-electron chi connectivity index (χ4n) is 9.43. The van der Waals surface area contributed by atoms with Crippen LogP contribution < -0.4 is 5.43 Å². The van der Waals surface area contributed by atoms with Crippen molar-refractivity contribution in [2.45, 2.75) is 78.7 Å². The predicted octanol–water partition coefficient (Wildman–Crippen LogP) is 6.30. The predicted molar refractivity (Wildman–Crippen MR) is 158 cm³/mol. The van der Waals surface area contributed by atoms with Gasteiger partial charge >= 0.3 is 11.7 Å². The number of fused-ring (bicyclic) bond motifs is 5. The molecule has 8 atom stereocenters. The normalized spacial score (nSPS) is 35.1. The van der Waals surface area contributed by atoms with Crippen LogP contribution in [0.25, 0.3) is 0 Å². The second kappa shape index (κ2) is 11.3.